The fourth-order valence-corrected chi connectivity index (χ4v) is 3.65. The van der Waals surface area contributed by atoms with Gasteiger partial charge in [0.25, 0.3) is 5.91 Å². The van der Waals surface area contributed by atoms with Crippen LogP contribution in [0.15, 0.2) is 54.6 Å². The molecule has 28 heavy (non-hydrogen) atoms. The maximum absolute atomic E-state index is 12.5. The Morgan fingerprint density at radius 3 is 2.68 bits per heavy atom. The zero-order valence-electron chi connectivity index (χ0n) is 15.8. The number of nitrogens with one attached hydrogen (secondary N) is 2. The molecule has 1 amide bonds. The maximum atomic E-state index is 12.5. The largest absolute Gasteiger partial charge is 0.353 e. The molecule has 0 aliphatic carbocycles. The Morgan fingerprint density at radius 2 is 1.93 bits per heavy atom. The van der Waals surface area contributed by atoms with Crippen molar-refractivity contribution in [3.8, 4) is 11.3 Å². The number of H-pyrrole nitrogens is 1. The number of aromatic nitrogens is 2. The molecule has 0 bridgehead atoms. The van der Waals surface area contributed by atoms with Crippen molar-refractivity contribution in [1.29, 1.82) is 0 Å². The SMILES string of the molecule is Cc1ccc(C(=O)NC2CCCN(c3cc(-c4ccc(Cl)cc4)[nH]n3)C2)cc1. The van der Waals surface area contributed by atoms with Gasteiger partial charge in [-0.15, -0.1) is 0 Å². The molecule has 1 aliphatic rings. The van der Waals surface area contributed by atoms with Gasteiger partial charge in [0.05, 0.1) is 5.69 Å². The molecular formula is C22H23ClN4O. The number of amides is 1. The number of anilines is 1. The molecule has 1 atom stereocenters. The number of aryl methyl sites for hydroxylation is 1. The van der Waals surface area contributed by atoms with Crippen LogP contribution in [0.1, 0.15) is 28.8 Å². The third-order valence-corrected chi connectivity index (χ3v) is 5.37. The second-order valence-corrected chi connectivity index (χ2v) is 7.71. The fourth-order valence-electron chi connectivity index (χ4n) is 3.53. The number of halogens is 1. The van der Waals surface area contributed by atoms with Crippen LogP contribution in [-0.2, 0) is 0 Å². The van der Waals surface area contributed by atoms with E-state index >= 15 is 0 Å². The number of nitrogens with zero attached hydrogens (tertiary/aromatic N) is 2. The number of carbonyl (C=O) groups excluding carboxylic acids is 1. The topological polar surface area (TPSA) is 61.0 Å². The molecule has 3 aromatic rings. The summed E-state index contributed by atoms with van der Waals surface area (Å²) in [6.07, 6.45) is 1.99. The van der Waals surface area contributed by atoms with Gasteiger partial charge in [0.2, 0.25) is 0 Å². The van der Waals surface area contributed by atoms with Crippen molar-refractivity contribution in [2.75, 3.05) is 18.0 Å². The lowest BCUT2D eigenvalue weighted by Crippen LogP contribution is -2.48. The van der Waals surface area contributed by atoms with Crippen LogP contribution < -0.4 is 10.2 Å². The van der Waals surface area contributed by atoms with Crippen LogP contribution in [0.2, 0.25) is 5.02 Å². The fraction of sp³-hybridized carbons (Fsp3) is 0.273. The number of piperidine rings is 1. The summed E-state index contributed by atoms with van der Waals surface area (Å²) in [5, 5.41) is 11.5. The first-order chi connectivity index (χ1) is 13.6. The van der Waals surface area contributed by atoms with Gasteiger partial charge in [-0.2, -0.15) is 5.10 Å². The quantitative estimate of drug-likeness (QED) is 0.687. The predicted octanol–water partition coefficient (Wildman–Crippen LogP) is 4.44. The minimum atomic E-state index is -0.0178. The Kier molecular flexibility index (Phi) is 5.35. The summed E-state index contributed by atoms with van der Waals surface area (Å²) in [5.41, 5.74) is 3.85. The Morgan fingerprint density at radius 1 is 1.18 bits per heavy atom. The van der Waals surface area contributed by atoms with Crippen LogP contribution in [0.25, 0.3) is 11.3 Å². The van der Waals surface area contributed by atoms with E-state index in [2.05, 4.69) is 20.4 Å². The van der Waals surface area contributed by atoms with Crippen LogP contribution in [0.4, 0.5) is 5.82 Å². The number of carbonyl (C=O) groups is 1. The first kappa shape index (κ1) is 18.6. The van der Waals surface area contributed by atoms with Crippen molar-refractivity contribution >= 4 is 23.3 Å². The van der Waals surface area contributed by atoms with Crippen LogP contribution in [0, 0.1) is 6.92 Å². The monoisotopic (exact) mass is 394 g/mol. The molecule has 2 aromatic carbocycles. The summed E-state index contributed by atoms with van der Waals surface area (Å²) < 4.78 is 0. The lowest BCUT2D eigenvalue weighted by molar-refractivity contribution is 0.0933. The molecule has 0 spiro atoms. The molecule has 1 aromatic heterocycles. The zero-order valence-corrected chi connectivity index (χ0v) is 16.5. The average molecular weight is 395 g/mol. The molecular weight excluding hydrogens is 372 g/mol. The Bertz CT molecular complexity index is 949. The lowest BCUT2D eigenvalue weighted by Gasteiger charge is -2.33. The van der Waals surface area contributed by atoms with Gasteiger partial charge >= 0.3 is 0 Å². The van der Waals surface area contributed by atoms with Crippen molar-refractivity contribution < 1.29 is 4.79 Å². The minimum absolute atomic E-state index is 0.0178. The van der Waals surface area contributed by atoms with Crippen molar-refractivity contribution in [3.05, 3.63) is 70.7 Å². The van der Waals surface area contributed by atoms with Gasteiger partial charge in [-0.05, 0) is 49.6 Å². The van der Waals surface area contributed by atoms with E-state index in [1.54, 1.807) is 0 Å². The number of aromatic amines is 1. The van der Waals surface area contributed by atoms with E-state index in [1.165, 1.54) is 0 Å². The molecule has 6 heteroatoms. The molecule has 5 nitrogen and oxygen atoms in total. The molecule has 1 aliphatic heterocycles. The van der Waals surface area contributed by atoms with Crippen LogP contribution >= 0.6 is 11.6 Å². The van der Waals surface area contributed by atoms with Crippen LogP contribution in [-0.4, -0.2) is 35.2 Å². The van der Waals surface area contributed by atoms with E-state index in [1.807, 2.05) is 61.5 Å². The van der Waals surface area contributed by atoms with E-state index in [0.29, 0.717) is 10.6 Å². The molecule has 144 valence electrons. The van der Waals surface area contributed by atoms with Gasteiger partial charge < -0.3 is 10.2 Å². The highest BCUT2D eigenvalue weighted by Gasteiger charge is 2.23. The number of hydrogen-bond acceptors (Lipinski definition) is 3. The number of benzene rings is 2. The summed E-state index contributed by atoms with van der Waals surface area (Å²) >= 11 is 5.97. The molecule has 2 N–H and O–H groups in total. The van der Waals surface area contributed by atoms with Gasteiger partial charge in [0, 0.05) is 35.8 Å². The van der Waals surface area contributed by atoms with Gasteiger partial charge in [-0.1, -0.05) is 41.4 Å². The summed E-state index contributed by atoms with van der Waals surface area (Å²) in [6, 6.07) is 17.5. The molecule has 0 saturated carbocycles. The minimum Gasteiger partial charge on any atom is -0.353 e. The smallest absolute Gasteiger partial charge is 0.251 e. The maximum Gasteiger partial charge on any atom is 0.251 e. The Hall–Kier alpha value is -2.79. The molecule has 2 heterocycles. The summed E-state index contributed by atoms with van der Waals surface area (Å²) in [7, 11) is 0. The summed E-state index contributed by atoms with van der Waals surface area (Å²) in [6.45, 7) is 3.70. The molecule has 0 radical (unpaired) electrons. The normalized spacial score (nSPS) is 16.8. The highest BCUT2D eigenvalue weighted by atomic mass is 35.5. The van der Waals surface area contributed by atoms with Gasteiger partial charge in [-0.25, -0.2) is 0 Å². The third kappa shape index (κ3) is 4.20. The highest BCUT2D eigenvalue weighted by molar-refractivity contribution is 6.30. The van der Waals surface area contributed by atoms with E-state index in [0.717, 1.165) is 48.6 Å². The molecule has 4 rings (SSSR count). The van der Waals surface area contributed by atoms with E-state index in [9.17, 15) is 4.79 Å². The molecule has 1 saturated heterocycles. The Labute approximate surface area is 169 Å². The van der Waals surface area contributed by atoms with Crippen molar-refractivity contribution in [2.45, 2.75) is 25.8 Å². The first-order valence-electron chi connectivity index (χ1n) is 9.52. The van der Waals surface area contributed by atoms with Crippen molar-refractivity contribution in [2.24, 2.45) is 0 Å². The first-order valence-corrected chi connectivity index (χ1v) is 9.90. The molecule has 1 fully saturated rings. The van der Waals surface area contributed by atoms with E-state index < -0.39 is 0 Å². The van der Waals surface area contributed by atoms with E-state index in [4.69, 9.17) is 11.6 Å². The number of hydrogen-bond donors (Lipinski definition) is 2. The van der Waals surface area contributed by atoms with Gasteiger partial charge in [0.1, 0.15) is 0 Å². The van der Waals surface area contributed by atoms with Gasteiger partial charge in [0.15, 0.2) is 5.82 Å². The second-order valence-electron chi connectivity index (χ2n) is 7.27. The second kappa shape index (κ2) is 8.07. The van der Waals surface area contributed by atoms with Crippen LogP contribution in [0.5, 0.6) is 0 Å². The standard InChI is InChI=1S/C22H23ClN4O/c1-15-4-6-17(7-5-15)22(28)24-19-3-2-12-27(14-19)21-13-20(25-26-21)16-8-10-18(23)11-9-16/h4-11,13,19H,2-3,12,14H2,1H3,(H,24,28)(H,25,26). The number of rotatable bonds is 4. The van der Waals surface area contributed by atoms with Crippen molar-refractivity contribution in [3.63, 3.8) is 0 Å². The summed E-state index contributed by atoms with van der Waals surface area (Å²) in [5.74, 6) is 0.884. The van der Waals surface area contributed by atoms with Crippen molar-refractivity contribution in [1.82, 2.24) is 15.5 Å². The Balaban J connectivity index is 1.42. The van der Waals surface area contributed by atoms with Crippen LogP contribution in [0.3, 0.4) is 0 Å². The predicted molar refractivity (Wildman–Crippen MR) is 113 cm³/mol. The molecule has 1 unspecified atom stereocenters. The highest BCUT2D eigenvalue weighted by Crippen LogP contribution is 2.25. The summed E-state index contributed by atoms with van der Waals surface area (Å²) in [4.78, 5) is 14.7. The average Bonchev–Trinajstić information content (AvgIpc) is 3.19. The zero-order chi connectivity index (χ0) is 19.5. The van der Waals surface area contributed by atoms with Gasteiger partial charge in [-0.3, -0.25) is 9.89 Å². The third-order valence-electron chi connectivity index (χ3n) is 5.11. The lowest BCUT2D eigenvalue weighted by atomic mass is 10.0. The van der Waals surface area contributed by atoms with E-state index in [-0.39, 0.29) is 11.9 Å².